The van der Waals surface area contributed by atoms with Gasteiger partial charge in [0, 0.05) is 22.2 Å². The minimum atomic E-state index is -0.541. The second-order valence-corrected chi connectivity index (χ2v) is 6.77. The van der Waals surface area contributed by atoms with Gasteiger partial charge in [-0.3, -0.25) is 4.79 Å². The Balaban J connectivity index is 1.69. The molecule has 0 aliphatic carbocycles. The van der Waals surface area contributed by atoms with Crippen LogP contribution in [0.1, 0.15) is 12.5 Å². The molecule has 0 saturated carbocycles. The summed E-state index contributed by atoms with van der Waals surface area (Å²) in [5, 5.41) is 3.53. The molecular formula is C18H20ClNO2S. The van der Waals surface area contributed by atoms with Crippen LogP contribution in [-0.2, 0) is 4.79 Å². The first kappa shape index (κ1) is 17.7. The van der Waals surface area contributed by atoms with Gasteiger partial charge in [-0.2, -0.15) is 0 Å². The van der Waals surface area contributed by atoms with Crippen LogP contribution in [0.5, 0.6) is 5.75 Å². The maximum Gasteiger partial charge on any atom is 0.260 e. The molecule has 1 amide bonds. The summed E-state index contributed by atoms with van der Waals surface area (Å²) in [5.41, 5.74) is 1.25. The molecule has 1 unspecified atom stereocenters. The number of thioether (sulfide) groups is 1. The molecule has 5 heteroatoms. The molecule has 0 radical (unpaired) electrons. The average molecular weight is 350 g/mol. The van der Waals surface area contributed by atoms with Gasteiger partial charge >= 0.3 is 0 Å². The Morgan fingerprint density at radius 1 is 1.17 bits per heavy atom. The molecule has 2 aromatic rings. The van der Waals surface area contributed by atoms with Gasteiger partial charge in [0.15, 0.2) is 6.10 Å². The van der Waals surface area contributed by atoms with E-state index in [1.165, 1.54) is 10.5 Å². The van der Waals surface area contributed by atoms with E-state index in [4.69, 9.17) is 16.3 Å². The monoisotopic (exact) mass is 349 g/mol. The highest BCUT2D eigenvalue weighted by molar-refractivity contribution is 7.99. The number of rotatable bonds is 7. The average Bonchev–Trinajstić information content (AvgIpc) is 2.55. The van der Waals surface area contributed by atoms with Crippen LogP contribution in [0.3, 0.4) is 0 Å². The number of ether oxygens (including phenoxy) is 1. The van der Waals surface area contributed by atoms with Gasteiger partial charge in [-0.05, 0) is 50.2 Å². The number of carbonyl (C=O) groups excluding carboxylic acids is 1. The fourth-order valence-electron chi connectivity index (χ4n) is 1.89. The number of aryl methyl sites for hydroxylation is 1. The van der Waals surface area contributed by atoms with E-state index in [0.717, 1.165) is 5.75 Å². The highest BCUT2D eigenvalue weighted by atomic mass is 35.5. The summed E-state index contributed by atoms with van der Waals surface area (Å²) in [6, 6.07) is 15.3. The van der Waals surface area contributed by atoms with E-state index < -0.39 is 6.10 Å². The van der Waals surface area contributed by atoms with Gasteiger partial charge in [-0.1, -0.05) is 29.3 Å². The minimum absolute atomic E-state index is 0.121. The summed E-state index contributed by atoms with van der Waals surface area (Å²) in [4.78, 5) is 13.2. The molecule has 1 atom stereocenters. The van der Waals surface area contributed by atoms with Crippen molar-refractivity contribution in [2.24, 2.45) is 0 Å². The van der Waals surface area contributed by atoms with Crippen LogP contribution in [0.25, 0.3) is 0 Å². The normalized spacial score (nSPS) is 11.8. The van der Waals surface area contributed by atoms with E-state index in [2.05, 4.69) is 36.5 Å². The lowest BCUT2D eigenvalue weighted by Crippen LogP contribution is -2.37. The summed E-state index contributed by atoms with van der Waals surface area (Å²) < 4.78 is 5.58. The second kappa shape index (κ2) is 8.85. The number of halogens is 1. The zero-order chi connectivity index (χ0) is 16.7. The fraction of sp³-hybridized carbons (Fsp3) is 0.278. The van der Waals surface area contributed by atoms with Crippen molar-refractivity contribution < 1.29 is 9.53 Å². The van der Waals surface area contributed by atoms with Gasteiger partial charge in [0.05, 0.1) is 0 Å². The smallest absolute Gasteiger partial charge is 0.260 e. The van der Waals surface area contributed by atoms with Crippen LogP contribution in [0.4, 0.5) is 0 Å². The zero-order valence-corrected chi connectivity index (χ0v) is 14.8. The molecule has 0 bridgehead atoms. The third kappa shape index (κ3) is 6.16. The predicted molar refractivity (Wildman–Crippen MR) is 96.5 cm³/mol. The van der Waals surface area contributed by atoms with Gasteiger partial charge < -0.3 is 10.1 Å². The first-order valence-corrected chi connectivity index (χ1v) is 8.80. The first-order chi connectivity index (χ1) is 11.0. The fourth-order valence-corrected chi connectivity index (χ4v) is 2.79. The second-order valence-electron chi connectivity index (χ2n) is 5.17. The molecule has 0 spiro atoms. The highest BCUT2D eigenvalue weighted by Gasteiger charge is 2.13. The van der Waals surface area contributed by atoms with Crippen molar-refractivity contribution in [3.8, 4) is 5.75 Å². The topological polar surface area (TPSA) is 38.3 Å². The van der Waals surface area contributed by atoms with Crippen LogP contribution >= 0.6 is 23.4 Å². The van der Waals surface area contributed by atoms with Crippen LogP contribution in [0.2, 0.25) is 5.02 Å². The molecule has 2 aromatic carbocycles. The van der Waals surface area contributed by atoms with Crippen molar-refractivity contribution in [2.45, 2.75) is 24.8 Å². The molecule has 122 valence electrons. The SMILES string of the molecule is Cc1ccc(SCCNC(=O)C(C)Oc2ccc(Cl)cc2)cc1. The summed E-state index contributed by atoms with van der Waals surface area (Å²) in [7, 11) is 0. The third-order valence-corrected chi connectivity index (χ3v) is 4.45. The quantitative estimate of drug-likeness (QED) is 0.597. The largest absolute Gasteiger partial charge is 0.481 e. The van der Waals surface area contributed by atoms with E-state index in [0.29, 0.717) is 17.3 Å². The Morgan fingerprint density at radius 2 is 1.83 bits per heavy atom. The van der Waals surface area contributed by atoms with E-state index in [9.17, 15) is 4.79 Å². The summed E-state index contributed by atoms with van der Waals surface area (Å²) in [5.74, 6) is 1.33. The third-order valence-electron chi connectivity index (χ3n) is 3.19. The van der Waals surface area contributed by atoms with Gasteiger partial charge in [-0.25, -0.2) is 0 Å². The lowest BCUT2D eigenvalue weighted by atomic mass is 10.2. The number of carbonyl (C=O) groups is 1. The van der Waals surface area contributed by atoms with Crippen molar-refractivity contribution >= 4 is 29.3 Å². The molecule has 23 heavy (non-hydrogen) atoms. The van der Waals surface area contributed by atoms with Crippen molar-refractivity contribution in [3.05, 3.63) is 59.1 Å². The van der Waals surface area contributed by atoms with Gasteiger partial charge in [0.1, 0.15) is 5.75 Å². The van der Waals surface area contributed by atoms with Crippen LogP contribution in [0, 0.1) is 6.92 Å². The summed E-state index contributed by atoms with van der Waals surface area (Å²) >= 11 is 7.54. The van der Waals surface area contributed by atoms with Gasteiger partial charge in [0.2, 0.25) is 0 Å². The standard InChI is InChI=1S/C18H20ClNO2S/c1-13-3-9-17(10-4-13)23-12-11-20-18(21)14(2)22-16-7-5-15(19)6-8-16/h3-10,14H,11-12H2,1-2H3,(H,20,21). The molecule has 1 N–H and O–H groups in total. The highest BCUT2D eigenvalue weighted by Crippen LogP contribution is 2.18. The lowest BCUT2D eigenvalue weighted by Gasteiger charge is -2.14. The molecule has 2 rings (SSSR count). The molecule has 0 heterocycles. The van der Waals surface area contributed by atoms with Gasteiger partial charge in [-0.15, -0.1) is 11.8 Å². The predicted octanol–water partition coefficient (Wildman–Crippen LogP) is 4.32. The van der Waals surface area contributed by atoms with Gasteiger partial charge in [0.25, 0.3) is 5.91 Å². The summed E-state index contributed by atoms with van der Waals surface area (Å²) in [6.45, 7) is 4.40. The van der Waals surface area contributed by atoms with Crippen molar-refractivity contribution in [1.82, 2.24) is 5.32 Å². The number of benzene rings is 2. The first-order valence-electron chi connectivity index (χ1n) is 7.44. The van der Waals surface area contributed by atoms with E-state index in [1.54, 1.807) is 43.0 Å². The minimum Gasteiger partial charge on any atom is -0.481 e. The number of nitrogens with one attached hydrogen (secondary N) is 1. The lowest BCUT2D eigenvalue weighted by molar-refractivity contribution is -0.127. The van der Waals surface area contributed by atoms with E-state index in [-0.39, 0.29) is 5.91 Å². The Bertz CT molecular complexity index is 628. The Labute approximate surface area is 146 Å². The van der Waals surface area contributed by atoms with Crippen molar-refractivity contribution in [3.63, 3.8) is 0 Å². The van der Waals surface area contributed by atoms with Crippen LogP contribution < -0.4 is 10.1 Å². The van der Waals surface area contributed by atoms with Crippen molar-refractivity contribution in [2.75, 3.05) is 12.3 Å². The molecule has 0 aliphatic heterocycles. The molecule has 0 fully saturated rings. The van der Waals surface area contributed by atoms with Crippen LogP contribution in [0.15, 0.2) is 53.4 Å². The van der Waals surface area contributed by atoms with E-state index in [1.807, 2.05) is 0 Å². The Morgan fingerprint density at radius 3 is 2.48 bits per heavy atom. The molecule has 0 aromatic heterocycles. The number of hydrogen-bond acceptors (Lipinski definition) is 3. The summed E-state index contributed by atoms with van der Waals surface area (Å²) in [6.07, 6.45) is -0.541. The molecule has 3 nitrogen and oxygen atoms in total. The van der Waals surface area contributed by atoms with Crippen LogP contribution in [-0.4, -0.2) is 24.3 Å². The molecule has 0 aliphatic rings. The number of amides is 1. The molecule has 0 saturated heterocycles. The Hall–Kier alpha value is -1.65. The van der Waals surface area contributed by atoms with E-state index >= 15 is 0 Å². The zero-order valence-electron chi connectivity index (χ0n) is 13.2. The van der Waals surface area contributed by atoms with Crippen molar-refractivity contribution in [1.29, 1.82) is 0 Å². The molecular weight excluding hydrogens is 330 g/mol. The maximum absolute atomic E-state index is 12.0. The Kier molecular flexibility index (Phi) is 6.81. The number of hydrogen-bond donors (Lipinski definition) is 1. The maximum atomic E-state index is 12.0.